The Balaban J connectivity index is 2.46. The van der Waals surface area contributed by atoms with Crippen molar-refractivity contribution < 1.29 is 4.79 Å². The van der Waals surface area contributed by atoms with Gasteiger partial charge in [-0.25, -0.2) is 0 Å². The van der Waals surface area contributed by atoms with Gasteiger partial charge in [-0.05, 0) is 55.2 Å². The zero-order valence-corrected chi connectivity index (χ0v) is 11.7. The van der Waals surface area contributed by atoms with Crippen LogP contribution >= 0.6 is 0 Å². The molecule has 0 bridgehead atoms. The fourth-order valence-electron chi connectivity index (χ4n) is 2.20. The van der Waals surface area contributed by atoms with Crippen molar-refractivity contribution in [2.75, 3.05) is 0 Å². The molecule has 0 aliphatic rings. The average molecular weight is 253 g/mol. The molecular weight excluding hydrogens is 234 g/mol. The summed E-state index contributed by atoms with van der Waals surface area (Å²) in [5, 5.41) is 0. The number of ketones is 1. The molecule has 0 radical (unpaired) electrons. The maximum absolute atomic E-state index is 12.6. The third-order valence-electron chi connectivity index (χ3n) is 3.51. The van der Waals surface area contributed by atoms with Crippen molar-refractivity contribution in [2.45, 2.75) is 27.3 Å². The normalized spacial score (nSPS) is 10.5. The van der Waals surface area contributed by atoms with Crippen LogP contribution in [0, 0.1) is 20.8 Å². The van der Waals surface area contributed by atoms with Gasteiger partial charge in [0.15, 0.2) is 5.78 Å². The molecule has 0 heterocycles. The Hall–Kier alpha value is -1.93. The van der Waals surface area contributed by atoms with Crippen molar-refractivity contribution in [3.63, 3.8) is 0 Å². The van der Waals surface area contributed by atoms with Crippen LogP contribution in [0.1, 0.15) is 38.2 Å². The second kappa shape index (κ2) is 5.37. The average Bonchev–Trinajstić information content (AvgIpc) is 2.42. The molecule has 0 spiro atoms. The molecule has 0 amide bonds. The van der Waals surface area contributed by atoms with Crippen molar-refractivity contribution in [1.82, 2.24) is 0 Å². The second-order valence-electron chi connectivity index (χ2n) is 4.99. The molecule has 2 N–H and O–H groups in total. The topological polar surface area (TPSA) is 43.1 Å². The summed E-state index contributed by atoms with van der Waals surface area (Å²) in [5.41, 5.74) is 11.5. The van der Waals surface area contributed by atoms with Crippen molar-refractivity contribution >= 4 is 5.78 Å². The monoisotopic (exact) mass is 253 g/mol. The van der Waals surface area contributed by atoms with Gasteiger partial charge < -0.3 is 5.73 Å². The summed E-state index contributed by atoms with van der Waals surface area (Å²) in [7, 11) is 0. The molecule has 2 nitrogen and oxygen atoms in total. The van der Waals surface area contributed by atoms with Gasteiger partial charge in [0.05, 0.1) is 0 Å². The minimum atomic E-state index is 0.0656. The fourth-order valence-corrected chi connectivity index (χ4v) is 2.20. The molecule has 2 heteroatoms. The lowest BCUT2D eigenvalue weighted by molar-refractivity contribution is 0.103. The van der Waals surface area contributed by atoms with Gasteiger partial charge in [-0.3, -0.25) is 4.79 Å². The molecule has 0 atom stereocenters. The lowest BCUT2D eigenvalue weighted by atomic mass is 9.94. The largest absolute Gasteiger partial charge is 0.326 e. The van der Waals surface area contributed by atoms with E-state index < -0.39 is 0 Å². The van der Waals surface area contributed by atoms with Gasteiger partial charge in [0.25, 0.3) is 0 Å². The highest BCUT2D eigenvalue weighted by molar-refractivity contribution is 6.10. The molecule has 0 aliphatic heterocycles. The predicted molar refractivity (Wildman–Crippen MR) is 78.4 cm³/mol. The molecule has 0 unspecified atom stereocenters. The van der Waals surface area contributed by atoms with E-state index in [0.717, 1.165) is 22.3 Å². The van der Waals surface area contributed by atoms with Crippen molar-refractivity contribution in [3.05, 3.63) is 69.8 Å². The standard InChI is InChI=1S/C17H19NO/c1-11-7-13(3)16(8-12(11)2)17(19)15-6-4-5-14(9-15)10-18/h4-9H,10,18H2,1-3H3. The first-order chi connectivity index (χ1) is 9.02. The Labute approximate surface area is 114 Å². The summed E-state index contributed by atoms with van der Waals surface area (Å²) in [5.74, 6) is 0.0656. The Morgan fingerprint density at radius 1 is 1.00 bits per heavy atom. The van der Waals surface area contributed by atoms with E-state index >= 15 is 0 Å². The zero-order valence-electron chi connectivity index (χ0n) is 11.7. The van der Waals surface area contributed by atoms with E-state index in [9.17, 15) is 4.79 Å². The van der Waals surface area contributed by atoms with Crippen LogP contribution in [-0.2, 0) is 6.54 Å². The first-order valence-electron chi connectivity index (χ1n) is 6.44. The number of hydrogen-bond donors (Lipinski definition) is 1. The fraction of sp³-hybridized carbons (Fsp3) is 0.235. The van der Waals surface area contributed by atoms with Crippen molar-refractivity contribution in [1.29, 1.82) is 0 Å². The minimum Gasteiger partial charge on any atom is -0.326 e. The van der Waals surface area contributed by atoms with E-state index in [2.05, 4.69) is 13.0 Å². The van der Waals surface area contributed by atoms with Gasteiger partial charge in [-0.2, -0.15) is 0 Å². The lowest BCUT2D eigenvalue weighted by Crippen LogP contribution is -2.06. The highest BCUT2D eigenvalue weighted by atomic mass is 16.1. The van der Waals surface area contributed by atoms with E-state index in [1.807, 2.05) is 44.2 Å². The molecule has 2 aromatic carbocycles. The molecular formula is C17H19NO. The smallest absolute Gasteiger partial charge is 0.193 e. The number of nitrogens with two attached hydrogens (primary N) is 1. The van der Waals surface area contributed by atoms with Crippen molar-refractivity contribution in [3.8, 4) is 0 Å². The van der Waals surface area contributed by atoms with Crippen LogP contribution in [0.3, 0.4) is 0 Å². The molecule has 0 fully saturated rings. The number of carbonyl (C=O) groups is 1. The van der Waals surface area contributed by atoms with E-state index in [1.165, 1.54) is 5.56 Å². The molecule has 2 rings (SSSR count). The van der Waals surface area contributed by atoms with Crippen LogP contribution in [0.25, 0.3) is 0 Å². The summed E-state index contributed by atoms with van der Waals surface area (Å²) < 4.78 is 0. The number of hydrogen-bond acceptors (Lipinski definition) is 2. The predicted octanol–water partition coefficient (Wildman–Crippen LogP) is 3.30. The maximum atomic E-state index is 12.6. The van der Waals surface area contributed by atoms with Gasteiger partial charge in [-0.1, -0.05) is 24.3 Å². The van der Waals surface area contributed by atoms with Gasteiger partial charge >= 0.3 is 0 Å². The Bertz CT molecular complexity index is 629. The van der Waals surface area contributed by atoms with Crippen LogP contribution in [0.15, 0.2) is 36.4 Å². The molecule has 98 valence electrons. The van der Waals surface area contributed by atoms with E-state index in [0.29, 0.717) is 12.1 Å². The molecule has 19 heavy (non-hydrogen) atoms. The van der Waals surface area contributed by atoms with Gasteiger partial charge in [0.2, 0.25) is 0 Å². The lowest BCUT2D eigenvalue weighted by Gasteiger charge is -2.09. The molecule has 2 aromatic rings. The Morgan fingerprint density at radius 3 is 2.37 bits per heavy atom. The number of aryl methyl sites for hydroxylation is 3. The van der Waals surface area contributed by atoms with E-state index in [1.54, 1.807) is 0 Å². The Kier molecular flexibility index (Phi) is 3.82. The summed E-state index contributed by atoms with van der Waals surface area (Å²) >= 11 is 0. The SMILES string of the molecule is Cc1cc(C)c(C(=O)c2cccc(CN)c2)cc1C. The van der Waals surface area contributed by atoms with Crippen LogP contribution in [0.4, 0.5) is 0 Å². The summed E-state index contributed by atoms with van der Waals surface area (Å²) in [4.78, 5) is 12.6. The highest BCUT2D eigenvalue weighted by Gasteiger charge is 2.13. The van der Waals surface area contributed by atoms with Crippen LogP contribution < -0.4 is 5.73 Å². The van der Waals surface area contributed by atoms with Gasteiger partial charge in [-0.15, -0.1) is 0 Å². The van der Waals surface area contributed by atoms with Gasteiger partial charge in [0.1, 0.15) is 0 Å². The minimum absolute atomic E-state index is 0.0656. The number of carbonyl (C=O) groups excluding carboxylic acids is 1. The van der Waals surface area contributed by atoms with Crippen LogP contribution in [-0.4, -0.2) is 5.78 Å². The molecule has 0 aliphatic carbocycles. The zero-order chi connectivity index (χ0) is 14.0. The summed E-state index contributed by atoms with van der Waals surface area (Å²) in [6, 6.07) is 11.6. The first kappa shape index (κ1) is 13.5. The van der Waals surface area contributed by atoms with Gasteiger partial charge in [0, 0.05) is 17.7 Å². The van der Waals surface area contributed by atoms with Crippen LogP contribution in [0.2, 0.25) is 0 Å². The molecule has 0 saturated heterocycles. The molecule has 0 aromatic heterocycles. The van der Waals surface area contributed by atoms with Crippen LogP contribution in [0.5, 0.6) is 0 Å². The number of rotatable bonds is 3. The number of benzene rings is 2. The second-order valence-corrected chi connectivity index (χ2v) is 4.99. The Morgan fingerprint density at radius 2 is 1.68 bits per heavy atom. The first-order valence-corrected chi connectivity index (χ1v) is 6.44. The third kappa shape index (κ3) is 2.74. The maximum Gasteiger partial charge on any atom is 0.193 e. The highest BCUT2D eigenvalue weighted by Crippen LogP contribution is 2.19. The summed E-state index contributed by atoms with van der Waals surface area (Å²) in [6.45, 7) is 6.52. The quantitative estimate of drug-likeness (QED) is 0.853. The van der Waals surface area contributed by atoms with E-state index in [4.69, 9.17) is 5.73 Å². The summed E-state index contributed by atoms with van der Waals surface area (Å²) in [6.07, 6.45) is 0. The van der Waals surface area contributed by atoms with E-state index in [-0.39, 0.29) is 5.78 Å². The van der Waals surface area contributed by atoms with Crippen molar-refractivity contribution in [2.24, 2.45) is 5.73 Å². The third-order valence-corrected chi connectivity index (χ3v) is 3.51. The molecule has 0 saturated carbocycles.